The van der Waals surface area contributed by atoms with E-state index in [9.17, 15) is 0 Å². The molecule has 0 saturated heterocycles. The van der Waals surface area contributed by atoms with Crippen molar-refractivity contribution in [1.82, 2.24) is 4.57 Å². The Labute approximate surface area is 397 Å². The normalized spacial score (nSPS) is 17.1. The number of hydrogen-bond donors (Lipinski definition) is 0. The topological polar surface area (TPSA) is 34.5 Å². The van der Waals surface area contributed by atoms with E-state index in [0.29, 0.717) is 0 Å². The van der Waals surface area contributed by atoms with Crippen molar-refractivity contribution in [3.05, 3.63) is 161 Å². The SMILES string of the molecule is CC(C)(C)c1ccc(N2B3c4cc5c(cc4-n4c6cc7c(cc6c6c8c(c(c3c64)-c3cc4oc6ccccc6c4cc32)-c2ccccc2C8(C)C)C(C)(C)CCC7(C)C)oc2ccccc25)cc1. The van der Waals surface area contributed by atoms with E-state index in [0.717, 1.165) is 56.7 Å². The van der Waals surface area contributed by atoms with Gasteiger partial charge in [0.25, 0.3) is 0 Å². The van der Waals surface area contributed by atoms with Gasteiger partial charge in [-0.15, -0.1) is 0 Å². The fourth-order valence-corrected chi connectivity index (χ4v) is 13.8. The third-order valence-corrected chi connectivity index (χ3v) is 17.3. The molecule has 0 N–H and O–H groups in total. The van der Waals surface area contributed by atoms with Crippen LogP contribution in [0.3, 0.4) is 0 Å². The Hall–Kier alpha value is -6.98. The van der Waals surface area contributed by atoms with Gasteiger partial charge in [0.1, 0.15) is 22.3 Å². The minimum atomic E-state index is -0.285. The van der Waals surface area contributed by atoms with Crippen LogP contribution in [0.5, 0.6) is 0 Å². The summed E-state index contributed by atoms with van der Waals surface area (Å²) in [5, 5.41) is 7.29. The molecular formula is C63H53BN2O2. The average molecular weight is 881 g/mol. The molecule has 3 aromatic heterocycles. The minimum absolute atomic E-state index is 0.00827. The summed E-state index contributed by atoms with van der Waals surface area (Å²) in [6.07, 6.45) is 2.31. The predicted octanol–water partition coefficient (Wildman–Crippen LogP) is 15.8. The predicted molar refractivity (Wildman–Crippen MR) is 286 cm³/mol. The second kappa shape index (κ2) is 12.4. The van der Waals surface area contributed by atoms with E-state index in [1.807, 2.05) is 0 Å². The molecule has 4 nitrogen and oxygen atoms in total. The van der Waals surface area contributed by atoms with Crippen molar-refractivity contribution in [2.24, 2.45) is 0 Å². The number of para-hydroxylation sites is 2. The van der Waals surface area contributed by atoms with Gasteiger partial charge < -0.3 is 18.2 Å². The van der Waals surface area contributed by atoms with Crippen molar-refractivity contribution in [2.45, 2.75) is 96.8 Å². The van der Waals surface area contributed by atoms with Crippen LogP contribution in [0.4, 0.5) is 11.4 Å². The zero-order chi connectivity index (χ0) is 46.1. The highest BCUT2D eigenvalue weighted by Gasteiger charge is 2.51. The lowest BCUT2D eigenvalue weighted by Crippen LogP contribution is -2.60. The van der Waals surface area contributed by atoms with E-state index >= 15 is 0 Å². The molecule has 5 heteroatoms. The first-order valence-corrected chi connectivity index (χ1v) is 24.7. The van der Waals surface area contributed by atoms with Crippen LogP contribution in [0.25, 0.3) is 93.6 Å². The molecular weight excluding hydrogens is 828 g/mol. The van der Waals surface area contributed by atoms with Crippen molar-refractivity contribution in [1.29, 1.82) is 0 Å². The summed E-state index contributed by atoms with van der Waals surface area (Å²) < 4.78 is 16.4. The van der Waals surface area contributed by atoms with Gasteiger partial charge in [-0.25, -0.2) is 0 Å². The van der Waals surface area contributed by atoms with Gasteiger partial charge in [0.05, 0.1) is 11.0 Å². The zero-order valence-corrected chi connectivity index (χ0v) is 40.4. The van der Waals surface area contributed by atoms with Crippen LogP contribution in [0, 0.1) is 0 Å². The zero-order valence-electron chi connectivity index (χ0n) is 40.4. The largest absolute Gasteiger partial charge is 0.456 e. The first-order chi connectivity index (χ1) is 32.6. The highest BCUT2D eigenvalue weighted by Crippen LogP contribution is 2.60. The number of rotatable bonds is 1. The number of nitrogens with zero attached hydrogens (tertiary/aromatic N) is 2. The van der Waals surface area contributed by atoms with Gasteiger partial charge in [-0.1, -0.05) is 141 Å². The standard InChI is InChI=1S/C63H53BN2O2/c1-60(2,3)34-22-24-35(25-23-34)66-48-30-40-37-17-12-15-21-51(37)67-52(40)31-42(48)55-54-38-18-10-13-19-43(38)63(8,9)57(54)56-41-28-44-45(62(6,7)27-26-61(44,4)5)32-47(41)65-49-33-53-39(36-16-11-14-20-50(36)68-53)29-46(49)64(66)58(55)59(56)65/h10-25,28-33H,26-27H2,1-9H3. The maximum absolute atomic E-state index is 6.86. The third-order valence-electron chi connectivity index (χ3n) is 17.3. The quantitative estimate of drug-likeness (QED) is 0.154. The lowest BCUT2D eigenvalue weighted by Gasteiger charge is -2.43. The first-order valence-electron chi connectivity index (χ1n) is 24.7. The fourth-order valence-electron chi connectivity index (χ4n) is 13.8. The molecule has 15 rings (SSSR count). The summed E-state index contributed by atoms with van der Waals surface area (Å²) in [4.78, 5) is 2.69. The lowest BCUT2D eigenvalue weighted by molar-refractivity contribution is 0.332. The van der Waals surface area contributed by atoms with Crippen molar-refractivity contribution in [3.8, 4) is 27.9 Å². The molecule has 0 radical (unpaired) electrons. The molecule has 0 bridgehead atoms. The van der Waals surface area contributed by atoms with Crippen molar-refractivity contribution >= 4 is 94.8 Å². The number of aromatic nitrogens is 1. The second-order valence-electron chi connectivity index (χ2n) is 23.5. The third kappa shape index (κ3) is 4.73. The molecule has 0 atom stereocenters. The molecule has 0 saturated carbocycles. The van der Waals surface area contributed by atoms with Crippen LogP contribution in [0.2, 0.25) is 0 Å². The molecule has 2 aliphatic carbocycles. The van der Waals surface area contributed by atoms with Crippen LogP contribution < -0.4 is 15.7 Å². The Kier molecular flexibility index (Phi) is 7.11. The van der Waals surface area contributed by atoms with Crippen molar-refractivity contribution < 1.29 is 8.83 Å². The van der Waals surface area contributed by atoms with Gasteiger partial charge in [0.15, 0.2) is 0 Å². The van der Waals surface area contributed by atoms with E-state index in [1.54, 1.807) is 0 Å². The second-order valence-corrected chi connectivity index (χ2v) is 23.5. The Morgan fingerprint density at radius 2 is 1.15 bits per heavy atom. The van der Waals surface area contributed by atoms with Crippen LogP contribution in [0.15, 0.2) is 142 Å². The number of hydrogen-bond acceptors (Lipinski definition) is 3. The summed E-state index contributed by atoms with van der Waals surface area (Å²) in [6.45, 7) is 21.6. The summed E-state index contributed by atoms with van der Waals surface area (Å²) in [6, 6.07) is 50.8. The molecule has 5 heterocycles. The molecule has 8 aromatic carbocycles. The monoisotopic (exact) mass is 880 g/mol. The van der Waals surface area contributed by atoms with E-state index < -0.39 is 0 Å². The first kappa shape index (κ1) is 39.1. The molecule has 2 aliphatic heterocycles. The summed E-state index contributed by atoms with van der Waals surface area (Å²) in [7, 11) is 0. The Morgan fingerprint density at radius 1 is 0.529 bits per heavy atom. The molecule has 0 fully saturated rings. The fraction of sp³-hybridized carbons (Fsp3) is 0.238. The maximum atomic E-state index is 6.86. The van der Waals surface area contributed by atoms with E-state index in [1.165, 1.54) is 99.9 Å². The Morgan fingerprint density at radius 3 is 1.84 bits per heavy atom. The molecule has 0 spiro atoms. The van der Waals surface area contributed by atoms with E-state index in [2.05, 4.69) is 205 Å². The van der Waals surface area contributed by atoms with Gasteiger partial charge in [0, 0.05) is 66.4 Å². The van der Waals surface area contributed by atoms with Gasteiger partial charge in [-0.3, -0.25) is 0 Å². The van der Waals surface area contributed by atoms with Crippen LogP contribution >= 0.6 is 0 Å². The van der Waals surface area contributed by atoms with Crippen molar-refractivity contribution in [2.75, 3.05) is 4.81 Å². The van der Waals surface area contributed by atoms with Crippen LogP contribution in [-0.4, -0.2) is 11.4 Å². The van der Waals surface area contributed by atoms with E-state index in [-0.39, 0.29) is 28.5 Å². The molecule has 330 valence electrons. The summed E-state index contributed by atoms with van der Waals surface area (Å²) in [5.74, 6) is 0. The lowest BCUT2D eigenvalue weighted by atomic mass is 9.43. The molecule has 4 aliphatic rings. The number of benzene rings is 8. The van der Waals surface area contributed by atoms with Crippen molar-refractivity contribution in [3.63, 3.8) is 0 Å². The number of furan rings is 2. The van der Waals surface area contributed by atoms with Gasteiger partial charge in [0.2, 0.25) is 0 Å². The highest BCUT2D eigenvalue weighted by molar-refractivity contribution is 6.94. The number of fused-ring (bicyclic) bond motifs is 20. The van der Waals surface area contributed by atoms with Gasteiger partial charge in [-0.2, -0.15) is 0 Å². The summed E-state index contributed by atoms with van der Waals surface area (Å²) >= 11 is 0. The maximum Gasteiger partial charge on any atom is 0.333 e. The molecule has 68 heavy (non-hydrogen) atoms. The Balaban J connectivity index is 1.21. The Bertz CT molecular complexity index is 4110. The highest BCUT2D eigenvalue weighted by atomic mass is 16.3. The minimum Gasteiger partial charge on any atom is -0.456 e. The molecule has 0 amide bonds. The number of anilines is 2. The summed E-state index contributed by atoms with van der Waals surface area (Å²) in [5.41, 5.74) is 24.6. The average Bonchev–Trinajstić information content (AvgIpc) is 4.04. The van der Waals surface area contributed by atoms with Gasteiger partial charge in [-0.05, 0) is 133 Å². The molecule has 11 aromatic rings. The van der Waals surface area contributed by atoms with Crippen LogP contribution in [-0.2, 0) is 21.7 Å². The van der Waals surface area contributed by atoms with Crippen LogP contribution in [0.1, 0.15) is 103 Å². The molecule has 0 unspecified atom stereocenters. The van der Waals surface area contributed by atoms with Gasteiger partial charge >= 0.3 is 6.85 Å². The smallest absolute Gasteiger partial charge is 0.333 e. The van der Waals surface area contributed by atoms with E-state index in [4.69, 9.17) is 8.83 Å².